The molecule has 0 aromatic carbocycles. The maximum absolute atomic E-state index is 12.8. The molecule has 0 heterocycles. The molecule has 0 aromatic heterocycles. The second-order valence-corrected chi connectivity index (χ2v) is 5.43. The van der Waals surface area contributed by atoms with E-state index in [4.69, 9.17) is 4.74 Å². The lowest BCUT2D eigenvalue weighted by Crippen LogP contribution is -2.31. The zero-order valence-corrected chi connectivity index (χ0v) is 9.28. The zero-order valence-electron chi connectivity index (χ0n) is 9.28. The van der Waals surface area contributed by atoms with Crippen LogP contribution in [0.2, 0.25) is 0 Å². The van der Waals surface area contributed by atoms with E-state index in [-0.39, 0.29) is 24.4 Å². The highest BCUT2D eigenvalue weighted by Gasteiger charge is 2.35. The molecule has 0 amide bonds. The van der Waals surface area contributed by atoms with Gasteiger partial charge in [-0.25, -0.2) is 8.78 Å². The summed E-state index contributed by atoms with van der Waals surface area (Å²) in [6.45, 7) is 6.92. The number of alkyl halides is 2. The van der Waals surface area contributed by atoms with Crippen LogP contribution in [0.5, 0.6) is 0 Å². The fourth-order valence-electron chi connectivity index (χ4n) is 1.55. The lowest BCUT2D eigenvalue weighted by Gasteiger charge is -2.30. The molecule has 0 N–H and O–H groups in total. The van der Waals surface area contributed by atoms with Crippen LogP contribution in [0.1, 0.15) is 46.5 Å². The van der Waals surface area contributed by atoms with Crippen LogP contribution < -0.4 is 0 Å². The van der Waals surface area contributed by atoms with Gasteiger partial charge in [0.2, 0.25) is 5.92 Å². The molecule has 84 valence electrons. The van der Waals surface area contributed by atoms with Crippen LogP contribution in [0.15, 0.2) is 0 Å². The Hall–Kier alpha value is -0.180. The number of rotatable bonds is 2. The third-order valence-electron chi connectivity index (χ3n) is 2.42. The lowest BCUT2D eigenvalue weighted by molar-refractivity contribution is -0.0895. The van der Waals surface area contributed by atoms with Gasteiger partial charge in [0, 0.05) is 12.8 Å². The minimum absolute atomic E-state index is 0.0121. The minimum atomic E-state index is -2.44. The highest BCUT2D eigenvalue weighted by Crippen LogP contribution is 2.34. The average molecular weight is 206 g/mol. The molecule has 14 heavy (non-hydrogen) atoms. The third-order valence-corrected chi connectivity index (χ3v) is 2.42. The summed E-state index contributed by atoms with van der Waals surface area (Å²) in [7, 11) is 0. The van der Waals surface area contributed by atoms with E-state index in [2.05, 4.69) is 20.8 Å². The van der Waals surface area contributed by atoms with Crippen LogP contribution >= 0.6 is 0 Å². The van der Waals surface area contributed by atoms with E-state index in [1.54, 1.807) is 0 Å². The van der Waals surface area contributed by atoms with Crippen LogP contribution in [0.4, 0.5) is 8.78 Å². The first-order valence-corrected chi connectivity index (χ1v) is 5.28. The van der Waals surface area contributed by atoms with E-state index in [9.17, 15) is 8.78 Å². The van der Waals surface area contributed by atoms with Crippen LogP contribution in [0.3, 0.4) is 0 Å². The van der Waals surface area contributed by atoms with E-state index in [0.29, 0.717) is 19.4 Å². The van der Waals surface area contributed by atoms with Crippen LogP contribution in [0.25, 0.3) is 0 Å². The van der Waals surface area contributed by atoms with Crippen molar-refractivity contribution in [3.05, 3.63) is 0 Å². The van der Waals surface area contributed by atoms with E-state index < -0.39 is 5.92 Å². The molecule has 1 nitrogen and oxygen atoms in total. The summed E-state index contributed by atoms with van der Waals surface area (Å²) in [5.74, 6) is -2.44. The van der Waals surface area contributed by atoms with Crippen LogP contribution in [-0.4, -0.2) is 18.6 Å². The van der Waals surface area contributed by atoms with Crippen molar-refractivity contribution in [2.75, 3.05) is 6.61 Å². The molecule has 0 bridgehead atoms. The molecular formula is C11H20F2O. The summed E-state index contributed by atoms with van der Waals surface area (Å²) in [6.07, 6.45) is 1.03. The molecule has 1 rings (SSSR count). The Balaban J connectivity index is 2.23. The van der Waals surface area contributed by atoms with E-state index in [1.165, 1.54) is 0 Å². The first-order chi connectivity index (χ1) is 6.29. The zero-order chi connectivity index (χ0) is 10.8. The second-order valence-electron chi connectivity index (χ2n) is 5.43. The van der Waals surface area contributed by atoms with Gasteiger partial charge in [0.1, 0.15) is 0 Å². The molecule has 1 saturated carbocycles. The first-order valence-electron chi connectivity index (χ1n) is 5.28. The van der Waals surface area contributed by atoms with Crippen LogP contribution in [0, 0.1) is 5.41 Å². The topological polar surface area (TPSA) is 9.23 Å². The fourth-order valence-corrected chi connectivity index (χ4v) is 1.55. The van der Waals surface area contributed by atoms with E-state index in [0.717, 1.165) is 0 Å². The molecule has 1 aliphatic carbocycles. The number of hydrogen-bond donors (Lipinski definition) is 0. The SMILES string of the molecule is CC(C)(C)COC1CCC(F)(F)CC1. The van der Waals surface area contributed by atoms with Gasteiger partial charge in [-0.1, -0.05) is 20.8 Å². The Bertz CT molecular complexity index is 174. The van der Waals surface area contributed by atoms with Gasteiger partial charge in [-0.05, 0) is 18.3 Å². The Labute approximate surface area is 84.8 Å². The van der Waals surface area contributed by atoms with Crippen molar-refractivity contribution in [3.8, 4) is 0 Å². The van der Waals surface area contributed by atoms with Crippen molar-refractivity contribution >= 4 is 0 Å². The molecular weight excluding hydrogens is 186 g/mol. The summed E-state index contributed by atoms with van der Waals surface area (Å²) in [6, 6.07) is 0. The van der Waals surface area contributed by atoms with Gasteiger partial charge in [0.05, 0.1) is 12.7 Å². The van der Waals surface area contributed by atoms with Gasteiger partial charge >= 0.3 is 0 Å². The normalized spacial score (nSPS) is 23.8. The highest BCUT2D eigenvalue weighted by atomic mass is 19.3. The van der Waals surface area contributed by atoms with Crippen molar-refractivity contribution < 1.29 is 13.5 Å². The van der Waals surface area contributed by atoms with Gasteiger partial charge in [-0.2, -0.15) is 0 Å². The Morgan fingerprint density at radius 3 is 2.14 bits per heavy atom. The predicted octanol–water partition coefficient (Wildman–Crippen LogP) is 3.63. The standard InChI is InChI=1S/C11H20F2O/c1-10(2,3)8-14-9-4-6-11(12,13)7-5-9/h9H,4-8H2,1-3H3. The Kier molecular flexibility index (Phi) is 3.51. The predicted molar refractivity (Wildman–Crippen MR) is 52.6 cm³/mol. The highest BCUT2D eigenvalue weighted by molar-refractivity contribution is 4.78. The Morgan fingerprint density at radius 2 is 1.71 bits per heavy atom. The van der Waals surface area contributed by atoms with Gasteiger partial charge in [0.25, 0.3) is 0 Å². The molecule has 0 atom stereocenters. The quantitative estimate of drug-likeness (QED) is 0.670. The molecule has 1 aliphatic rings. The molecule has 0 spiro atoms. The monoisotopic (exact) mass is 206 g/mol. The maximum Gasteiger partial charge on any atom is 0.248 e. The van der Waals surface area contributed by atoms with Crippen molar-refractivity contribution in [3.63, 3.8) is 0 Å². The minimum Gasteiger partial charge on any atom is -0.378 e. The van der Waals surface area contributed by atoms with Crippen molar-refractivity contribution in [1.82, 2.24) is 0 Å². The molecule has 0 saturated heterocycles. The summed E-state index contributed by atoms with van der Waals surface area (Å²) >= 11 is 0. The summed E-state index contributed by atoms with van der Waals surface area (Å²) < 4.78 is 31.2. The maximum atomic E-state index is 12.8. The first kappa shape index (κ1) is 11.9. The fraction of sp³-hybridized carbons (Fsp3) is 1.00. The smallest absolute Gasteiger partial charge is 0.248 e. The lowest BCUT2D eigenvalue weighted by atomic mass is 9.93. The largest absolute Gasteiger partial charge is 0.378 e. The van der Waals surface area contributed by atoms with Gasteiger partial charge in [-0.15, -0.1) is 0 Å². The van der Waals surface area contributed by atoms with Gasteiger partial charge < -0.3 is 4.74 Å². The molecule has 0 unspecified atom stereocenters. The van der Waals surface area contributed by atoms with Crippen LogP contribution in [-0.2, 0) is 4.74 Å². The van der Waals surface area contributed by atoms with Crippen molar-refractivity contribution in [2.24, 2.45) is 5.41 Å². The second kappa shape index (κ2) is 4.13. The molecule has 0 aliphatic heterocycles. The molecule has 1 fully saturated rings. The van der Waals surface area contributed by atoms with Gasteiger partial charge in [0.15, 0.2) is 0 Å². The third kappa shape index (κ3) is 4.36. The van der Waals surface area contributed by atoms with E-state index in [1.807, 2.05) is 0 Å². The Morgan fingerprint density at radius 1 is 1.21 bits per heavy atom. The summed E-state index contributed by atoms with van der Waals surface area (Å²) in [5, 5.41) is 0. The number of halogens is 2. The average Bonchev–Trinajstić information content (AvgIpc) is 2.01. The number of hydrogen-bond acceptors (Lipinski definition) is 1. The van der Waals surface area contributed by atoms with E-state index >= 15 is 0 Å². The van der Waals surface area contributed by atoms with Crippen molar-refractivity contribution in [2.45, 2.75) is 58.5 Å². The molecule has 0 radical (unpaired) electrons. The van der Waals surface area contributed by atoms with Crippen molar-refractivity contribution in [1.29, 1.82) is 0 Å². The summed E-state index contributed by atoms with van der Waals surface area (Å²) in [4.78, 5) is 0. The molecule has 3 heteroatoms. The number of ether oxygens (including phenoxy) is 1. The van der Waals surface area contributed by atoms with Gasteiger partial charge in [-0.3, -0.25) is 0 Å². The summed E-state index contributed by atoms with van der Waals surface area (Å²) in [5.41, 5.74) is 0.125. The molecule has 0 aromatic rings.